The number of esters is 1. The molecule has 7 nitrogen and oxygen atoms in total. The van der Waals surface area contributed by atoms with Gasteiger partial charge in [-0.3, -0.25) is 9.79 Å². The van der Waals surface area contributed by atoms with Crippen LogP contribution in [-0.2, 0) is 19.0 Å². The first-order valence-electron chi connectivity index (χ1n) is 9.47. The van der Waals surface area contributed by atoms with Crippen LogP contribution in [0.4, 0.5) is 0 Å². The maximum absolute atomic E-state index is 12.1. The molecular weight excluding hydrogens is 322 g/mol. The summed E-state index contributed by atoms with van der Waals surface area (Å²) in [5.41, 5.74) is -0.241. The van der Waals surface area contributed by atoms with E-state index in [9.17, 15) is 4.79 Å². The van der Waals surface area contributed by atoms with Gasteiger partial charge < -0.3 is 24.4 Å². The summed E-state index contributed by atoms with van der Waals surface area (Å²) in [6.45, 7) is 8.74. The molecule has 2 saturated heterocycles. The molecule has 0 aliphatic carbocycles. The van der Waals surface area contributed by atoms with Crippen molar-refractivity contribution in [1.29, 1.82) is 0 Å². The minimum Gasteiger partial charge on any atom is -0.466 e. The third kappa shape index (κ3) is 5.57. The Balaban J connectivity index is 2.03. The zero-order valence-electron chi connectivity index (χ0n) is 15.9. The van der Waals surface area contributed by atoms with Crippen LogP contribution < -0.4 is 5.32 Å². The summed E-state index contributed by atoms with van der Waals surface area (Å²) in [6, 6.07) is 0. The van der Waals surface area contributed by atoms with Crippen molar-refractivity contribution in [3.8, 4) is 0 Å². The molecule has 0 saturated carbocycles. The second-order valence-electron chi connectivity index (χ2n) is 6.71. The lowest BCUT2D eigenvalue weighted by atomic mass is 9.94. The number of rotatable bonds is 6. The Bertz CT molecular complexity index is 450. The van der Waals surface area contributed by atoms with Crippen molar-refractivity contribution < 1.29 is 19.0 Å². The summed E-state index contributed by atoms with van der Waals surface area (Å²) in [4.78, 5) is 19.1. The van der Waals surface area contributed by atoms with E-state index >= 15 is 0 Å². The van der Waals surface area contributed by atoms with Gasteiger partial charge in [-0.05, 0) is 26.7 Å². The van der Waals surface area contributed by atoms with Crippen molar-refractivity contribution in [2.24, 2.45) is 10.9 Å². The quantitative estimate of drug-likeness (QED) is 0.441. The number of carbonyl (C=O) groups excluding carboxylic acids is 1. The van der Waals surface area contributed by atoms with Crippen molar-refractivity contribution in [3.05, 3.63) is 0 Å². The predicted molar refractivity (Wildman–Crippen MR) is 96.7 cm³/mol. The second-order valence-corrected chi connectivity index (χ2v) is 6.71. The van der Waals surface area contributed by atoms with Gasteiger partial charge in [-0.2, -0.15) is 0 Å². The molecule has 0 spiro atoms. The summed E-state index contributed by atoms with van der Waals surface area (Å²) >= 11 is 0. The number of aliphatic imine (C=N–C) groups is 1. The van der Waals surface area contributed by atoms with Crippen molar-refractivity contribution >= 4 is 11.9 Å². The van der Waals surface area contributed by atoms with Gasteiger partial charge in [0.2, 0.25) is 0 Å². The highest BCUT2D eigenvalue weighted by atomic mass is 16.5. The lowest BCUT2D eigenvalue weighted by Crippen LogP contribution is -2.49. The lowest BCUT2D eigenvalue weighted by Gasteiger charge is -2.37. The monoisotopic (exact) mass is 355 g/mol. The van der Waals surface area contributed by atoms with Crippen LogP contribution in [-0.4, -0.2) is 75.5 Å². The van der Waals surface area contributed by atoms with E-state index in [-0.39, 0.29) is 17.5 Å². The highest BCUT2D eigenvalue weighted by Gasteiger charge is 2.33. The van der Waals surface area contributed by atoms with Gasteiger partial charge in [-0.25, -0.2) is 0 Å². The third-order valence-electron chi connectivity index (χ3n) is 5.03. The van der Waals surface area contributed by atoms with Gasteiger partial charge in [0.05, 0.1) is 24.7 Å². The van der Waals surface area contributed by atoms with E-state index in [0.29, 0.717) is 32.9 Å². The molecule has 2 fully saturated rings. The summed E-state index contributed by atoms with van der Waals surface area (Å²) < 4.78 is 16.4. The van der Waals surface area contributed by atoms with Crippen LogP contribution in [0.2, 0.25) is 0 Å². The summed E-state index contributed by atoms with van der Waals surface area (Å²) in [5, 5.41) is 3.36. The number of hydrogen-bond donors (Lipinski definition) is 1. The first-order chi connectivity index (χ1) is 12.1. The average molecular weight is 355 g/mol. The van der Waals surface area contributed by atoms with Crippen LogP contribution in [0, 0.1) is 5.92 Å². The molecule has 2 aliphatic rings. The molecule has 2 rings (SSSR count). The minimum atomic E-state index is -0.241. The molecule has 144 valence electrons. The van der Waals surface area contributed by atoms with Gasteiger partial charge >= 0.3 is 5.97 Å². The number of guanidine groups is 1. The van der Waals surface area contributed by atoms with Crippen molar-refractivity contribution in [2.75, 3.05) is 53.1 Å². The molecular formula is C18H33N3O4. The number of carbonyl (C=O) groups is 1. The van der Waals surface area contributed by atoms with E-state index in [1.54, 1.807) is 7.11 Å². The van der Waals surface area contributed by atoms with E-state index < -0.39 is 0 Å². The van der Waals surface area contributed by atoms with Crippen LogP contribution in [0.15, 0.2) is 4.99 Å². The van der Waals surface area contributed by atoms with Crippen LogP contribution >= 0.6 is 0 Å². The highest BCUT2D eigenvalue weighted by Crippen LogP contribution is 2.25. The zero-order chi connectivity index (χ0) is 18.1. The molecule has 1 atom stereocenters. The van der Waals surface area contributed by atoms with Crippen molar-refractivity contribution in [1.82, 2.24) is 10.2 Å². The van der Waals surface area contributed by atoms with Gasteiger partial charge in [0.15, 0.2) is 5.96 Å². The fraction of sp³-hybridized carbons (Fsp3) is 0.889. The topological polar surface area (TPSA) is 72.4 Å². The number of methoxy groups -OCH3 is 1. The highest BCUT2D eigenvalue weighted by molar-refractivity contribution is 5.81. The predicted octanol–water partition coefficient (Wildman–Crippen LogP) is 1.42. The second kappa shape index (κ2) is 9.97. The Hall–Kier alpha value is -1.34. The Morgan fingerprint density at radius 1 is 1.36 bits per heavy atom. The first-order valence-corrected chi connectivity index (χ1v) is 9.47. The van der Waals surface area contributed by atoms with Gasteiger partial charge in [0.1, 0.15) is 0 Å². The molecule has 2 heterocycles. The smallest absolute Gasteiger partial charge is 0.310 e. The van der Waals surface area contributed by atoms with Gasteiger partial charge in [-0.15, -0.1) is 0 Å². The Kier molecular flexibility index (Phi) is 7.96. The SMILES string of the molecule is CCNC(=NCC1(OC)CCOCC1)N1CCCC(C(=O)OCC)C1. The molecule has 0 aromatic heterocycles. The lowest BCUT2D eigenvalue weighted by molar-refractivity contribution is -0.149. The van der Waals surface area contributed by atoms with Crippen LogP contribution in [0.25, 0.3) is 0 Å². The zero-order valence-corrected chi connectivity index (χ0v) is 15.9. The summed E-state index contributed by atoms with van der Waals surface area (Å²) in [7, 11) is 1.76. The molecule has 2 aliphatic heterocycles. The van der Waals surface area contributed by atoms with E-state index in [4.69, 9.17) is 19.2 Å². The summed E-state index contributed by atoms with van der Waals surface area (Å²) in [6.07, 6.45) is 3.57. The van der Waals surface area contributed by atoms with Crippen LogP contribution in [0.1, 0.15) is 39.5 Å². The number of ether oxygens (including phenoxy) is 3. The van der Waals surface area contributed by atoms with Crippen molar-refractivity contribution in [3.63, 3.8) is 0 Å². The molecule has 0 aromatic carbocycles. The number of hydrogen-bond acceptors (Lipinski definition) is 5. The Morgan fingerprint density at radius 3 is 2.76 bits per heavy atom. The van der Waals surface area contributed by atoms with E-state index in [2.05, 4.69) is 17.1 Å². The minimum absolute atomic E-state index is 0.0722. The van der Waals surface area contributed by atoms with Crippen molar-refractivity contribution in [2.45, 2.75) is 45.1 Å². The fourth-order valence-electron chi connectivity index (χ4n) is 3.44. The first kappa shape index (κ1) is 20.0. The number of piperidine rings is 1. The van der Waals surface area contributed by atoms with Gasteiger partial charge in [0, 0.05) is 52.8 Å². The molecule has 0 bridgehead atoms. The van der Waals surface area contributed by atoms with Gasteiger partial charge in [0.25, 0.3) is 0 Å². The third-order valence-corrected chi connectivity index (χ3v) is 5.03. The molecule has 0 amide bonds. The normalized spacial score (nSPS) is 24.0. The molecule has 7 heteroatoms. The van der Waals surface area contributed by atoms with Crippen LogP contribution in [0.3, 0.4) is 0 Å². The fourth-order valence-corrected chi connectivity index (χ4v) is 3.44. The number of nitrogens with one attached hydrogen (secondary N) is 1. The standard InChI is InChI=1S/C18H33N3O4/c1-4-19-17(20-14-18(23-3)8-11-24-12-9-18)21-10-6-7-15(13-21)16(22)25-5-2/h15H,4-14H2,1-3H3,(H,19,20). The number of likely N-dealkylation sites (tertiary alicyclic amines) is 1. The summed E-state index contributed by atoms with van der Waals surface area (Å²) in [5.74, 6) is 0.692. The van der Waals surface area contributed by atoms with Gasteiger partial charge in [-0.1, -0.05) is 0 Å². The largest absolute Gasteiger partial charge is 0.466 e. The van der Waals surface area contributed by atoms with E-state index in [0.717, 1.165) is 44.7 Å². The Labute approximate surface area is 151 Å². The van der Waals surface area contributed by atoms with E-state index in [1.807, 2.05) is 6.92 Å². The average Bonchev–Trinajstić information content (AvgIpc) is 2.66. The number of nitrogens with zero attached hydrogens (tertiary/aromatic N) is 2. The molecule has 1 N–H and O–H groups in total. The molecule has 0 aromatic rings. The molecule has 1 unspecified atom stereocenters. The molecule has 25 heavy (non-hydrogen) atoms. The maximum Gasteiger partial charge on any atom is 0.310 e. The maximum atomic E-state index is 12.1. The molecule has 0 radical (unpaired) electrons. The van der Waals surface area contributed by atoms with E-state index in [1.165, 1.54) is 0 Å². The van der Waals surface area contributed by atoms with Crippen LogP contribution in [0.5, 0.6) is 0 Å². The Morgan fingerprint density at radius 2 is 2.12 bits per heavy atom.